The molecule has 4 aliphatic carbocycles. The fraction of sp³-hybridized carbons (Fsp3) is 0.382. The highest BCUT2D eigenvalue weighted by Crippen LogP contribution is 2.61. The molecule has 4 heterocycles. The summed E-state index contributed by atoms with van der Waals surface area (Å²) in [6, 6.07) is 104. The maximum Gasteiger partial charge on any atom is 0.142 e. The minimum absolute atomic E-state index is 0.0908. The predicted octanol–water partition coefficient (Wildman–Crippen LogP) is 32.7. The summed E-state index contributed by atoms with van der Waals surface area (Å²) in [5.74, 6) is 0. The van der Waals surface area contributed by atoms with Crippen LogP contribution in [0.2, 0.25) is 0 Å². The SMILES string of the molecule is C1CCOC1.C1CCOC1.C1CCOC1.C1CCOC1.CC(C)(C)c1ccc2c(c1)C(O)(c1ccccc1-c1ccc(-c3ccccc3C3(O)c4cc(C(C)(C)C)ccc4-c4ccc(C(C)(C)C)cc43)cc1)c1cc(C(C)(C)C)ccc1-2.CC(C)(C)c1ccc2c(c1)C(O)(c1ccccc1-c1ccc(-c3ccccc3C3(O)c4cc(C(C)(C)C)ccc4-c4ccc(C(C)(C)C)cc43)cc1)c1cc(C(C)(C)C)ccc1-2. The maximum atomic E-state index is 13.6. The molecule has 0 atom stereocenters. The number of benzene rings is 14. The van der Waals surface area contributed by atoms with Crippen LogP contribution in [-0.2, 0) is 84.7 Å². The molecule has 0 aromatic heterocycles. The molecule has 0 amide bonds. The van der Waals surface area contributed by atoms with Crippen molar-refractivity contribution in [2.24, 2.45) is 0 Å². The van der Waals surface area contributed by atoms with Crippen molar-refractivity contribution in [1.82, 2.24) is 0 Å². The van der Waals surface area contributed by atoms with E-state index >= 15 is 0 Å². The van der Waals surface area contributed by atoms with Crippen LogP contribution in [0.15, 0.2) is 291 Å². The molecule has 144 heavy (non-hydrogen) atoms. The zero-order valence-corrected chi connectivity index (χ0v) is 90.4. The van der Waals surface area contributed by atoms with E-state index < -0.39 is 22.4 Å². The third-order valence-electron chi connectivity index (χ3n) is 31.0. The molecular weight excluding hydrogens is 1760 g/mol. The number of fused-ring (bicyclic) bond motifs is 12. The summed E-state index contributed by atoms with van der Waals surface area (Å²) in [7, 11) is 0. The summed E-state index contributed by atoms with van der Waals surface area (Å²) in [4.78, 5) is 0. The monoisotopic (exact) mass is 1920 g/mol. The van der Waals surface area contributed by atoms with Gasteiger partial charge in [0.05, 0.1) is 0 Å². The van der Waals surface area contributed by atoms with Gasteiger partial charge in [-0.05, 0) is 228 Å². The zero-order valence-electron chi connectivity index (χ0n) is 90.4. The van der Waals surface area contributed by atoms with Gasteiger partial charge in [-0.3, -0.25) is 0 Å². The van der Waals surface area contributed by atoms with Gasteiger partial charge >= 0.3 is 0 Å². The van der Waals surface area contributed by atoms with E-state index in [0.29, 0.717) is 0 Å². The summed E-state index contributed by atoms with van der Waals surface area (Å²) in [6.07, 6.45) is 10.2. The molecular formula is C136H156O8. The van der Waals surface area contributed by atoms with E-state index in [1.807, 2.05) is 0 Å². The van der Waals surface area contributed by atoms with Gasteiger partial charge in [-0.2, -0.15) is 0 Å². The largest absolute Gasteiger partial charge is 0.381 e. The average molecular weight is 1920 g/mol. The van der Waals surface area contributed by atoms with Crippen molar-refractivity contribution < 1.29 is 39.4 Å². The molecule has 0 unspecified atom stereocenters. The molecule has 22 rings (SSSR count). The van der Waals surface area contributed by atoms with Gasteiger partial charge in [-0.25, -0.2) is 0 Å². The first-order valence-electron chi connectivity index (χ1n) is 53.1. The Morgan fingerprint density at radius 2 is 0.278 bits per heavy atom. The van der Waals surface area contributed by atoms with Crippen molar-refractivity contribution in [1.29, 1.82) is 0 Å². The molecule has 0 bridgehead atoms. The van der Waals surface area contributed by atoms with Crippen LogP contribution in [0.5, 0.6) is 0 Å². The standard InChI is InChI=1S/2C60H62O2.4C4H8O/c2*1-55(2,3)39-25-29-45-46-30-26-40(56(4,5)6)34-52(46)59(61,51(45)33-39)49-19-15-13-17-43(49)37-21-23-38(24-22-37)44-18-14-16-20-50(44)60(62)53-35-41(57(7,8)9)27-31-47(53)48-32-28-42(36-54(48)60)58(10,11)12;4*1-2-4-5-3-1/h2*13-36,61-62H,1-12H3;4*1-4H2. The summed E-state index contributed by atoms with van der Waals surface area (Å²) in [6.45, 7) is 61.6. The second kappa shape index (κ2) is 40.2. The van der Waals surface area contributed by atoms with Crippen LogP contribution in [0, 0.1) is 0 Å². The molecule has 4 N–H and O–H groups in total. The minimum atomic E-state index is -1.38. The zero-order chi connectivity index (χ0) is 103. The molecule has 4 fully saturated rings. The highest BCUT2D eigenvalue weighted by Gasteiger charge is 2.51. The van der Waals surface area contributed by atoms with E-state index in [0.717, 1.165) is 209 Å². The lowest BCUT2D eigenvalue weighted by Crippen LogP contribution is -2.28. The Bertz CT molecular complexity index is 5880. The first-order chi connectivity index (χ1) is 68.0. The van der Waals surface area contributed by atoms with Crippen LogP contribution >= 0.6 is 0 Å². The Kier molecular flexibility index (Phi) is 29.1. The number of aliphatic hydroxyl groups is 4. The molecule has 4 saturated heterocycles. The van der Waals surface area contributed by atoms with E-state index in [1.54, 1.807) is 0 Å². The minimum Gasteiger partial charge on any atom is -0.381 e. The Morgan fingerprint density at radius 3 is 0.389 bits per heavy atom. The lowest BCUT2D eigenvalue weighted by molar-refractivity contribution is 0.130. The van der Waals surface area contributed by atoms with Gasteiger partial charge in [0, 0.05) is 120 Å². The van der Waals surface area contributed by atoms with Gasteiger partial charge in [0.2, 0.25) is 0 Å². The fourth-order valence-corrected chi connectivity index (χ4v) is 22.0. The molecule has 748 valence electrons. The number of hydrogen-bond donors (Lipinski definition) is 4. The summed E-state index contributed by atoms with van der Waals surface area (Å²) in [5, 5.41) is 54.3. The third kappa shape index (κ3) is 20.4. The Labute approximate surface area is 861 Å². The number of ether oxygens (including phenoxy) is 4. The first-order valence-corrected chi connectivity index (χ1v) is 53.1. The van der Waals surface area contributed by atoms with Crippen LogP contribution in [0.1, 0.15) is 329 Å². The van der Waals surface area contributed by atoms with Gasteiger partial charge in [0.25, 0.3) is 0 Å². The quantitative estimate of drug-likeness (QED) is 0.119. The van der Waals surface area contributed by atoms with E-state index in [-0.39, 0.29) is 43.3 Å². The maximum absolute atomic E-state index is 13.6. The van der Waals surface area contributed by atoms with E-state index in [1.165, 1.54) is 95.9 Å². The second-order valence-corrected chi connectivity index (χ2v) is 49.5. The van der Waals surface area contributed by atoms with Crippen LogP contribution in [0.3, 0.4) is 0 Å². The molecule has 0 radical (unpaired) electrons. The highest BCUT2D eigenvalue weighted by atomic mass is 16.5. The summed E-state index contributed by atoms with van der Waals surface area (Å²) < 4.78 is 19.8. The Morgan fingerprint density at radius 1 is 0.153 bits per heavy atom. The highest BCUT2D eigenvalue weighted by molar-refractivity contribution is 5.92. The molecule has 14 aromatic rings. The normalized spacial score (nSPS) is 16.4. The molecule has 0 spiro atoms. The lowest BCUT2D eigenvalue weighted by atomic mass is 9.76. The molecule has 4 aliphatic heterocycles. The third-order valence-corrected chi connectivity index (χ3v) is 31.0. The second-order valence-electron chi connectivity index (χ2n) is 49.5. The fourth-order valence-electron chi connectivity index (χ4n) is 22.0. The van der Waals surface area contributed by atoms with E-state index in [2.05, 4.69) is 457 Å². The summed E-state index contributed by atoms with van der Waals surface area (Å²) >= 11 is 0. The van der Waals surface area contributed by atoms with Crippen molar-refractivity contribution in [3.05, 3.63) is 402 Å². The molecule has 8 heteroatoms. The van der Waals surface area contributed by atoms with E-state index in [4.69, 9.17) is 18.9 Å². The van der Waals surface area contributed by atoms with Crippen molar-refractivity contribution in [3.63, 3.8) is 0 Å². The molecule has 8 nitrogen and oxygen atoms in total. The van der Waals surface area contributed by atoms with Gasteiger partial charge in [0.1, 0.15) is 22.4 Å². The molecule has 0 saturated carbocycles. The van der Waals surface area contributed by atoms with Crippen LogP contribution in [0.25, 0.3) is 89.0 Å². The van der Waals surface area contributed by atoms with Crippen LogP contribution in [0.4, 0.5) is 0 Å². The van der Waals surface area contributed by atoms with Gasteiger partial charge in [0.15, 0.2) is 0 Å². The molecule has 8 aliphatic rings. The Balaban J connectivity index is 0.000000165. The van der Waals surface area contributed by atoms with E-state index in [9.17, 15) is 20.4 Å². The summed E-state index contributed by atoms with van der Waals surface area (Å²) in [5.41, 5.74) is 30.8. The predicted molar refractivity (Wildman–Crippen MR) is 600 cm³/mol. The van der Waals surface area contributed by atoms with Crippen LogP contribution < -0.4 is 0 Å². The number of hydrogen-bond acceptors (Lipinski definition) is 8. The first kappa shape index (κ1) is 104. The number of rotatable bonds is 8. The van der Waals surface area contributed by atoms with Crippen molar-refractivity contribution in [2.45, 2.75) is 283 Å². The van der Waals surface area contributed by atoms with Gasteiger partial charge in [-0.1, -0.05) is 457 Å². The van der Waals surface area contributed by atoms with Gasteiger partial charge in [-0.15, -0.1) is 0 Å². The van der Waals surface area contributed by atoms with Crippen molar-refractivity contribution in [2.75, 3.05) is 52.9 Å². The Hall–Kier alpha value is -11.2. The van der Waals surface area contributed by atoms with Crippen molar-refractivity contribution >= 4 is 0 Å². The van der Waals surface area contributed by atoms with Crippen LogP contribution in [-0.4, -0.2) is 73.3 Å². The average Bonchev–Trinajstić information content (AvgIpc) is 1.57. The molecule has 14 aromatic carbocycles. The van der Waals surface area contributed by atoms with Crippen molar-refractivity contribution in [3.8, 4) is 89.0 Å². The lowest BCUT2D eigenvalue weighted by Gasteiger charge is -2.32. The smallest absolute Gasteiger partial charge is 0.142 e. The topological polar surface area (TPSA) is 118 Å². The van der Waals surface area contributed by atoms with Gasteiger partial charge < -0.3 is 39.4 Å².